The number of ether oxygens (including phenoxy) is 2. The number of hydrogen-bond acceptors (Lipinski definition) is 3. The Morgan fingerprint density at radius 2 is 1.59 bits per heavy atom. The molecule has 92 valence electrons. The highest BCUT2D eigenvalue weighted by atomic mass is 16.5. The maximum absolute atomic E-state index is 8.19. The van der Waals surface area contributed by atoms with Gasteiger partial charge >= 0.3 is 0 Å². The Morgan fingerprint density at radius 3 is 2.06 bits per heavy atom. The molecule has 1 aliphatic rings. The summed E-state index contributed by atoms with van der Waals surface area (Å²) in [7, 11) is 3.25. The van der Waals surface area contributed by atoms with E-state index in [1.165, 1.54) is 12.8 Å². The molecule has 2 rings (SSSR count). The second-order valence-electron chi connectivity index (χ2n) is 4.14. The van der Waals surface area contributed by atoms with Gasteiger partial charge in [-0.05, 0) is 25.0 Å². The number of hydrogen-bond donors (Lipinski definition) is 1. The Bertz CT molecular complexity index is 390. The molecule has 0 spiro atoms. The smallest absolute Gasteiger partial charge is 0.128 e. The zero-order chi connectivity index (χ0) is 12.3. The minimum Gasteiger partial charge on any atom is -0.497 e. The second-order valence-corrected chi connectivity index (χ2v) is 4.14. The highest BCUT2D eigenvalue weighted by Gasteiger charge is 2.17. The van der Waals surface area contributed by atoms with Crippen molar-refractivity contribution in [1.82, 2.24) is 4.90 Å². The first-order valence-electron chi connectivity index (χ1n) is 5.81. The Labute approximate surface area is 102 Å². The lowest BCUT2D eigenvalue weighted by atomic mass is 10.1. The summed E-state index contributed by atoms with van der Waals surface area (Å²) < 4.78 is 10.4. The maximum atomic E-state index is 8.19. The number of amidine groups is 1. The third-order valence-electron chi connectivity index (χ3n) is 3.05. The SMILES string of the molecule is COc1cc(OC)cc(C(=N)N2CCCC2)c1. The van der Waals surface area contributed by atoms with E-state index in [1.54, 1.807) is 14.2 Å². The zero-order valence-electron chi connectivity index (χ0n) is 10.3. The molecule has 4 heteroatoms. The van der Waals surface area contributed by atoms with Crippen LogP contribution in [0.15, 0.2) is 18.2 Å². The lowest BCUT2D eigenvalue weighted by molar-refractivity contribution is 0.394. The molecule has 4 nitrogen and oxygen atoms in total. The Morgan fingerprint density at radius 1 is 1.06 bits per heavy atom. The summed E-state index contributed by atoms with van der Waals surface area (Å²) in [5.41, 5.74) is 0.850. The zero-order valence-corrected chi connectivity index (χ0v) is 10.3. The highest BCUT2D eigenvalue weighted by molar-refractivity contribution is 5.97. The van der Waals surface area contributed by atoms with Gasteiger partial charge in [0.25, 0.3) is 0 Å². The molecule has 1 aliphatic heterocycles. The molecule has 0 atom stereocenters. The summed E-state index contributed by atoms with van der Waals surface area (Å²) in [4.78, 5) is 2.09. The van der Waals surface area contributed by atoms with E-state index >= 15 is 0 Å². The molecule has 0 bridgehead atoms. The van der Waals surface area contributed by atoms with E-state index in [2.05, 4.69) is 4.90 Å². The lowest BCUT2D eigenvalue weighted by Crippen LogP contribution is -2.27. The average Bonchev–Trinajstić information content (AvgIpc) is 2.91. The fourth-order valence-electron chi connectivity index (χ4n) is 2.07. The largest absolute Gasteiger partial charge is 0.497 e. The van der Waals surface area contributed by atoms with Crippen LogP contribution >= 0.6 is 0 Å². The topological polar surface area (TPSA) is 45.6 Å². The molecule has 17 heavy (non-hydrogen) atoms. The van der Waals surface area contributed by atoms with Crippen molar-refractivity contribution in [3.8, 4) is 11.5 Å². The van der Waals surface area contributed by atoms with Crippen LogP contribution in [-0.2, 0) is 0 Å². The number of methoxy groups -OCH3 is 2. The van der Waals surface area contributed by atoms with Crippen molar-refractivity contribution < 1.29 is 9.47 Å². The van der Waals surface area contributed by atoms with Gasteiger partial charge in [0.1, 0.15) is 17.3 Å². The molecule has 0 aromatic heterocycles. The quantitative estimate of drug-likeness (QED) is 0.643. The molecule has 1 heterocycles. The van der Waals surface area contributed by atoms with E-state index in [0.717, 1.165) is 30.2 Å². The van der Waals surface area contributed by atoms with Gasteiger partial charge in [-0.3, -0.25) is 5.41 Å². The van der Waals surface area contributed by atoms with Crippen LogP contribution in [0.25, 0.3) is 0 Å². The Hall–Kier alpha value is -1.71. The van der Waals surface area contributed by atoms with Gasteiger partial charge in [-0.2, -0.15) is 0 Å². The number of nitrogens with one attached hydrogen (secondary N) is 1. The van der Waals surface area contributed by atoms with E-state index < -0.39 is 0 Å². The van der Waals surface area contributed by atoms with E-state index in [-0.39, 0.29) is 0 Å². The van der Waals surface area contributed by atoms with Gasteiger partial charge in [-0.25, -0.2) is 0 Å². The molecule has 1 N–H and O–H groups in total. The predicted octanol–water partition coefficient (Wildman–Crippen LogP) is 2.12. The summed E-state index contributed by atoms with van der Waals surface area (Å²) in [6.45, 7) is 1.94. The van der Waals surface area contributed by atoms with Gasteiger partial charge in [0.15, 0.2) is 0 Å². The minimum atomic E-state index is 0.555. The van der Waals surface area contributed by atoms with Crippen molar-refractivity contribution >= 4 is 5.84 Å². The minimum absolute atomic E-state index is 0.555. The van der Waals surface area contributed by atoms with Crippen molar-refractivity contribution in [2.24, 2.45) is 0 Å². The molecule has 0 radical (unpaired) electrons. The number of rotatable bonds is 3. The van der Waals surface area contributed by atoms with Gasteiger partial charge in [-0.1, -0.05) is 0 Å². The monoisotopic (exact) mass is 234 g/mol. The third kappa shape index (κ3) is 2.52. The predicted molar refractivity (Wildman–Crippen MR) is 67.2 cm³/mol. The van der Waals surface area contributed by atoms with Crippen LogP contribution in [0.2, 0.25) is 0 Å². The Kier molecular flexibility index (Phi) is 3.52. The molecule has 0 amide bonds. The summed E-state index contributed by atoms with van der Waals surface area (Å²) in [5, 5.41) is 8.19. The highest BCUT2D eigenvalue weighted by Crippen LogP contribution is 2.24. The average molecular weight is 234 g/mol. The number of likely N-dealkylation sites (tertiary alicyclic amines) is 1. The van der Waals surface area contributed by atoms with Crippen molar-refractivity contribution in [2.45, 2.75) is 12.8 Å². The summed E-state index contributed by atoms with van der Waals surface area (Å²) >= 11 is 0. The van der Waals surface area contributed by atoms with Gasteiger partial charge < -0.3 is 14.4 Å². The summed E-state index contributed by atoms with van der Waals surface area (Å²) in [6.07, 6.45) is 2.34. The fraction of sp³-hybridized carbons (Fsp3) is 0.462. The molecule has 1 fully saturated rings. The van der Waals surface area contributed by atoms with E-state index in [9.17, 15) is 0 Å². The van der Waals surface area contributed by atoms with Gasteiger partial charge in [0, 0.05) is 24.7 Å². The maximum Gasteiger partial charge on any atom is 0.128 e. The van der Waals surface area contributed by atoms with Crippen LogP contribution in [0.5, 0.6) is 11.5 Å². The molecule has 1 saturated heterocycles. The number of benzene rings is 1. The summed E-state index contributed by atoms with van der Waals surface area (Å²) in [6, 6.07) is 5.58. The molecule has 0 unspecified atom stereocenters. The van der Waals surface area contributed by atoms with Crippen LogP contribution in [0, 0.1) is 5.41 Å². The second kappa shape index (κ2) is 5.08. The molecule has 1 aromatic carbocycles. The van der Waals surface area contributed by atoms with Crippen molar-refractivity contribution in [2.75, 3.05) is 27.3 Å². The number of nitrogens with zero attached hydrogens (tertiary/aromatic N) is 1. The van der Waals surface area contributed by atoms with Crippen molar-refractivity contribution in [1.29, 1.82) is 5.41 Å². The standard InChI is InChI=1S/C13H18N2O2/c1-16-11-7-10(8-12(9-11)17-2)13(14)15-5-3-4-6-15/h7-9,14H,3-6H2,1-2H3. The van der Waals surface area contributed by atoms with Crippen LogP contribution in [0.1, 0.15) is 18.4 Å². The Balaban J connectivity index is 2.26. The van der Waals surface area contributed by atoms with Gasteiger partial charge in [0.05, 0.1) is 14.2 Å². The van der Waals surface area contributed by atoms with E-state index in [1.807, 2.05) is 18.2 Å². The van der Waals surface area contributed by atoms with E-state index in [4.69, 9.17) is 14.9 Å². The first-order chi connectivity index (χ1) is 8.24. The molecular weight excluding hydrogens is 216 g/mol. The normalized spacial score (nSPS) is 14.8. The van der Waals surface area contributed by atoms with Crippen LogP contribution in [0.4, 0.5) is 0 Å². The van der Waals surface area contributed by atoms with Crippen LogP contribution in [0.3, 0.4) is 0 Å². The van der Waals surface area contributed by atoms with Crippen LogP contribution in [-0.4, -0.2) is 38.0 Å². The first-order valence-corrected chi connectivity index (χ1v) is 5.81. The van der Waals surface area contributed by atoms with Gasteiger partial charge in [0.2, 0.25) is 0 Å². The molecule has 0 saturated carbocycles. The summed E-state index contributed by atoms with van der Waals surface area (Å²) in [5.74, 6) is 2.01. The molecule has 0 aliphatic carbocycles. The first kappa shape index (κ1) is 11.8. The molecule has 1 aromatic rings. The lowest BCUT2D eigenvalue weighted by Gasteiger charge is -2.19. The third-order valence-corrected chi connectivity index (χ3v) is 3.05. The molecular formula is C13H18N2O2. The van der Waals surface area contributed by atoms with Crippen LogP contribution < -0.4 is 9.47 Å². The fourth-order valence-corrected chi connectivity index (χ4v) is 2.07. The van der Waals surface area contributed by atoms with E-state index in [0.29, 0.717) is 5.84 Å². The van der Waals surface area contributed by atoms with Crippen molar-refractivity contribution in [3.63, 3.8) is 0 Å². The van der Waals surface area contributed by atoms with Gasteiger partial charge in [-0.15, -0.1) is 0 Å². The van der Waals surface area contributed by atoms with Crippen molar-refractivity contribution in [3.05, 3.63) is 23.8 Å².